The Kier molecular flexibility index (Phi) is 4.45. The van der Waals surface area contributed by atoms with Crippen LogP contribution >= 0.6 is 0 Å². The van der Waals surface area contributed by atoms with Crippen LogP contribution in [0.2, 0.25) is 0 Å². The number of fused-ring (bicyclic) bond motifs is 1. The Balaban J connectivity index is 2.29. The van der Waals surface area contributed by atoms with Crippen molar-refractivity contribution in [2.24, 2.45) is 0 Å². The summed E-state index contributed by atoms with van der Waals surface area (Å²) >= 11 is 0. The Morgan fingerprint density at radius 2 is 2.11 bits per heavy atom. The van der Waals surface area contributed by atoms with Crippen LogP contribution < -0.4 is 4.74 Å². The lowest BCUT2D eigenvalue weighted by atomic mass is 9.88. The second-order valence-corrected chi connectivity index (χ2v) is 5.12. The number of rotatable bonds is 5. The monoisotopic (exact) mass is 266 g/mol. The van der Waals surface area contributed by atoms with Crippen LogP contribution in [0.5, 0.6) is 5.75 Å². The number of ether oxygens (including phenoxy) is 3. The van der Waals surface area contributed by atoms with Crippen LogP contribution in [-0.4, -0.2) is 32.2 Å². The van der Waals surface area contributed by atoms with Gasteiger partial charge in [-0.3, -0.25) is 0 Å². The first-order valence-corrected chi connectivity index (χ1v) is 6.61. The van der Waals surface area contributed by atoms with E-state index in [9.17, 15) is 5.11 Å². The van der Waals surface area contributed by atoms with E-state index in [1.807, 2.05) is 12.1 Å². The summed E-state index contributed by atoms with van der Waals surface area (Å²) in [4.78, 5) is 0. The summed E-state index contributed by atoms with van der Waals surface area (Å²) in [5, 5.41) is 10.7. The largest absolute Gasteiger partial charge is 0.493 e. The topological polar surface area (TPSA) is 47.9 Å². The third-order valence-corrected chi connectivity index (χ3v) is 3.60. The predicted molar refractivity (Wildman–Crippen MR) is 72.3 cm³/mol. The first-order chi connectivity index (χ1) is 9.08. The minimum atomic E-state index is -1.04. The highest BCUT2D eigenvalue weighted by atomic mass is 16.7. The summed E-state index contributed by atoms with van der Waals surface area (Å²) in [6, 6.07) is 5.93. The van der Waals surface area contributed by atoms with Gasteiger partial charge in [0.05, 0.1) is 12.2 Å². The highest BCUT2D eigenvalue weighted by Gasteiger charge is 2.32. The number of benzene rings is 1. The molecular weight excluding hydrogens is 244 g/mol. The number of hydrogen-bond donors (Lipinski definition) is 1. The molecular formula is C15H22O4. The van der Waals surface area contributed by atoms with Crippen molar-refractivity contribution in [1.82, 2.24) is 0 Å². The molecule has 4 heteroatoms. The van der Waals surface area contributed by atoms with Crippen molar-refractivity contribution in [1.29, 1.82) is 0 Å². The second-order valence-electron chi connectivity index (χ2n) is 5.12. The normalized spacial score (nSPS) is 17.7. The molecule has 19 heavy (non-hydrogen) atoms. The fraction of sp³-hybridized carbons (Fsp3) is 0.600. The van der Waals surface area contributed by atoms with Gasteiger partial charge in [0.1, 0.15) is 5.75 Å². The van der Waals surface area contributed by atoms with Crippen molar-refractivity contribution in [2.45, 2.75) is 38.1 Å². The van der Waals surface area contributed by atoms with Crippen LogP contribution in [0.15, 0.2) is 18.2 Å². The lowest BCUT2D eigenvalue weighted by Crippen LogP contribution is -2.31. The molecule has 0 saturated heterocycles. The zero-order valence-corrected chi connectivity index (χ0v) is 11.8. The van der Waals surface area contributed by atoms with Crippen molar-refractivity contribution in [2.75, 3.05) is 20.8 Å². The maximum atomic E-state index is 10.7. The number of para-hydroxylation sites is 1. The average Bonchev–Trinajstić information content (AvgIpc) is 2.44. The SMILES string of the molecule is COC(CC(C)(O)c1cccc2c1OCCC2)OC. The molecule has 0 bridgehead atoms. The highest BCUT2D eigenvalue weighted by molar-refractivity contribution is 5.45. The third kappa shape index (κ3) is 3.08. The standard InChI is InChI=1S/C15H22O4/c1-15(16,10-13(17-2)18-3)12-8-4-6-11-7-5-9-19-14(11)12/h4,6,8,13,16H,5,7,9-10H2,1-3H3. The molecule has 1 heterocycles. The van der Waals surface area contributed by atoms with Gasteiger partial charge in [-0.05, 0) is 25.3 Å². The van der Waals surface area contributed by atoms with E-state index in [-0.39, 0.29) is 0 Å². The van der Waals surface area contributed by atoms with Gasteiger partial charge in [-0.15, -0.1) is 0 Å². The Morgan fingerprint density at radius 1 is 1.37 bits per heavy atom. The fourth-order valence-corrected chi connectivity index (χ4v) is 2.51. The van der Waals surface area contributed by atoms with Crippen LogP contribution in [0.3, 0.4) is 0 Å². The molecule has 0 aromatic heterocycles. The predicted octanol–water partition coefficient (Wildman–Crippen LogP) is 2.23. The number of aryl methyl sites for hydroxylation is 1. The van der Waals surface area contributed by atoms with Crippen molar-refractivity contribution in [3.8, 4) is 5.75 Å². The summed E-state index contributed by atoms with van der Waals surface area (Å²) in [5.74, 6) is 0.824. The van der Waals surface area contributed by atoms with E-state index in [1.54, 1.807) is 21.1 Å². The first-order valence-electron chi connectivity index (χ1n) is 6.61. The molecule has 1 aliphatic heterocycles. The van der Waals surface area contributed by atoms with Gasteiger partial charge in [-0.25, -0.2) is 0 Å². The minimum Gasteiger partial charge on any atom is -0.493 e. The third-order valence-electron chi connectivity index (χ3n) is 3.60. The molecule has 0 amide bonds. The van der Waals surface area contributed by atoms with E-state index in [4.69, 9.17) is 14.2 Å². The number of aliphatic hydroxyl groups is 1. The van der Waals surface area contributed by atoms with Gasteiger partial charge in [0.15, 0.2) is 6.29 Å². The fourth-order valence-electron chi connectivity index (χ4n) is 2.51. The van der Waals surface area contributed by atoms with Crippen molar-refractivity contribution >= 4 is 0 Å². The molecule has 1 aromatic carbocycles. The molecule has 0 saturated carbocycles. The lowest BCUT2D eigenvalue weighted by Gasteiger charge is -2.31. The Morgan fingerprint density at radius 3 is 2.79 bits per heavy atom. The summed E-state index contributed by atoms with van der Waals surface area (Å²) in [6.45, 7) is 2.48. The van der Waals surface area contributed by atoms with Crippen molar-refractivity contribution < 1.29 is 19.3 Å². The average molecular weight is 266 g/mol. The van der Waals surface area contributed by atoms with Gasteiger partial charge in [0.2, 0.25) is 0 Å². The molecule has 1 aromatic rings. The van der Waals surface area contributed by atoms with Crippen LogP contribution in [0, 0.1) is 0 Å². The van der Waals surface area contributed by atoms with Gasteiger partial charge < -0.3 is 19.3 Å². The van der Waals surface area contributed by atoms with E-state index < -0.39 is 11.9 Å². The van der Waals surface area contributed by atoms with Gasteiger partial charge in [-0.2, -0.15) is 0 Å². The molecule has 106 valence electrons. The van der Waals surface area contributed by atoms with E-state index in [0.717, 1.165) is 29.7 Å². The molecule has 1 N–H and O–H groups in total. The molecule has 2 rings (SSSR count). The van der Waals surface area contributed by atoms with Crippen LogP contribution in [0.25, 0.3) is 0 Å². The molecule has 4 nitrogen and oxygen atoms in total. The summed E-state index contributed by atoms with van der Waals surface area (Å²) in [5.41, 5.74) is 0.929. The van der Waals surface area contributed by atoms with Crippen molar-refractivity contribution in [3.63, 3.8) is 0 Å². The zero-order chi connectivity index (χ0) is 13.9. The maximum Gasteiger partial charge on any atom is 0.159 e. The highest BCUT2D eigenvalue weighted by Crippen LogP contribution is 2.38. The molecule has 0 aliphatic carbocycles. The molecule has 0 spiro atoms. The van der Waals surface area contributed by atoms with Gasteiger partial charge >= 0.3 is 0 Å². The van der Waals surface area contributed by atoms with E-state index in [2.05, 4.69) is 6.07 Å². The van der Waals surface area contributed by atoms with Crippen LogP contribution in [-0.2, 0) is 21.5 Å². The molecule has 1 atom stereocenters. The maximum absolute atomic E-state index is 10.7. The molecule has 0 fully saturated rings. The van der Waals surface area contributed by atoms with E-state index in [1.165, 1.54) is 0 Å². The second kappa shape index (κ2) is 5.90. The van der Waals surface area contributed by atoms with Crippen LogP contribution in [0.1, 0.15) is 30.9 Å². The molecule has 1 aliphatic rings. The number of hydrogen-bond acceptors (Lipinski definition) is 4. The van der Waals surface area contributed by atoms with Gasteiger partial charge in [0, 0.05) is 26.2 Å². The first kappa shape index (κ1) is 14.3. The summed E-state index contributed by atoms with van der Waals surface area (Å²) in [6.07, 6.45) is 1.95. The van der Waals surface area contributed by atoms with E-state index in [0.29, 0.717) is 13.0 Å². The molecule has 0 radical (unpaired) electrons. The van der Waals surface area contributed by atoms with Crippen LogP contribution in [0.4, 0.5) is 0 Å². The van der Waals surface area contributed by atoms with Crippen molar-refractivity contribution in [3.05, 3.63) is 29.3 Å². The summed E-state index contributed by atoms with van der Waals surface area (Å²) in [7, 11) is 3.14. The Bertz CT molecular complexity index is 424. The van der Waals surface area contributed by atoms with E-state index >= 15 is 0 Å². The minimum absolute atomic E-state index is 0.361. The zero-order valence-electron chi connectivity index (χ0n) is 11.8. The van der Waals surface area contributed by atoms with Gasteiger partial charge in [-0.1, -0.05) is 18.2 Å². The summed E-state index contributed by atoms with van der Waals surface area (Å²) < 4.78 is 16.1. The Labute approximate surface area is 114 Å². The van der Waals surface area contributed by atoms with Gasteiger partial charge in [0.25, 0.3) is 0 Å². The number of methoxy groups -OCH3 is 2. The smallest absolute Gasteiger partial charge is 0.159 e. The molecule has 1 unspecified atom stereocenters. The quantitative estimate of drug-likeness (QED) is 0.830. The lowest BCUT2D eigenvalue weighted by molar-refractivity contribution is -0.142. The Hall–Kier alpha value is -1.10.